The molecule has 1 fully saturated rings. The molecule has 2 N–H and O–H groups in total. The van der Waals surface area contributed by atoms with Crippen LogP contribution in [0.15, 0.2) is 30.3 Å². The highest BCUT2D eigenvalue weighted by Gasteiger charge is 2.49. The van der Waals surface area contributed by atoms with Gasteiger partial charge in [-0.05, 0) is 39.8 Å². The van der Waals surface area contributed by atoms with Gasteiger partial charge in [0.05, 0.1) is 36.9 Å². The Morgan fingerprint density at radius 3 is 2.54 bits per heavy atom. The summed E-state index contributed by atoms with van der Waals surface area (Å²) >= 11 is 0. The molecule has 0 spiro atoms. The van der Waals surface area contributed by atoms with Crippen molar-refractivity contribution in [2.75, 3.05) is 31.7 Å². The standard InChI is InChI=1S/C26H29F4N3O4/c1-14(17-6-5-7-19(23(17)28)26(29,30)25(3,4)34)31-24-18-10-22(37-9-8-36-16-12-35-13-16)20(27)11-21(18)32-15(2)33-24/h5-7,10-11,14,16,34H,8-9,12-13H2,1-4H3,(H,31,32,33)/t14-/m1/s1. The zero-order valence-electron chi connectivity index (χ0n) is 20.9. The summed E-state index contributed by atoms with van der Waals surface area (Å²) < 4.78 is 75.5. The van der Waals surface area contributed by atoms with Crippen LogP contribution in [0.2, 0.25) is 0 Å². The average molecular weight is 524 g/mol. The molecule has 1 saturated heterocycles. The molecule has 2 heterocycles. The minimum Gasteiger partial charge on any atom is -0.488 e. The maximum Gasteiger partial charge on any atom is 0.303 e. The third-order valence-corrected chi connectivity index (χ3v) is 6.12. The summed E-state index contributed by atoms with van der Waals surface area (Å²) in [5, 5.41) is 13.3. The van der Waals surface area contributed by atoms with Gasteiger partial charge < -0.3 is 24.6 Å². The number of nitrogens with zero attached hydrogens (tertiary/aromatic N) is 2. The molecule has 3 aromatic rings. The van der Waals surface area contributed by atoms with E-state index in [4.69, 9.17) is 14.2 Å². The van der Waals surface area contributed by atoms with Crippen LogP contribution in [-0.4, -0.2) is 53.2 Å². The number of hydrogen-bond donors (Lipinski definition) is 2. The Kier molecular flexibility index (Phi) is 7.59. The highest BCUT2D eigenvalue weighted by molar-refractivity contribution is 5.90. The molecule has 1 aliphatic heterocycles. The molecule has 7 nitrogen and oxygen atoms in total. The Morgan fingerprint density at radius 1 is 1.16 bits per heavy atom. The van der Waals surface area contributed by atoms with E-state index in [1.165, 1.54) is 24.3 Å². The second kappa shape index (κ2) is 10.4. The van der Waals surface area contributed by atoms with Crippen molar-refractivity contribution in [1.82, 2.24) is 9.97 Å². The van der Waals surface area contributed by atoms with Crippen LogP contribution < -0.4 is 10.1 Å². The number of ether oxygens (including phenoxy) is 3. The van der Waals surface area contributed by atoms with Gasteiger partial charge in [-0.1, -0.05) is 12.1 Å². The first-order valence-corrected chi connectivity index (χ1v) is 11.8. The van der Waals surface area contributed by atoms with E-state index >= 15 is 4.39 Å². The first kappa shape index (κ1) is 27.0. The topological polar surface area (TPSA) is 85.7 Å². The first-order chi connectivity index (χ1) is 17.4. The molecule has 1 aliphatic rings. The number of aryl methyl sites for hydroxylation is 1. The van der Waals surface area contributed by atoms with Crippen LogP contribution in [0.3, 0.4) is 0 Å². The number of halogens is 4. The molecular weight excluding hydrogens is 494 g/mol. The number of aliphatic hydroxyl groups is 1. The second-order valence-corrected chi connectivity index (χ2v) is 9.51. The molecule has 0 unspecified atom stereocenters. The van der Waals surface area contributed by atoms with Crippen molar-refractivity contribution in [3.05, 3.63) is 58.9 Å². The molecule has 0 bridgehead atoms. The number of nitrogens with one attached hydrogen (secondary N) is 1. The van der Waals surface area contributed by atoms with Crippen molar-refractivity contribution in [2.24, 2.45) is 0 Å². The predicted molar refractivity (Wildman–Crippen MR) is 129 cm³/mol. The number of anilines is 1. The van der Waals surface area contributed by atoms with E-state index in [1.807, 2.05) is 0 Å². The SMILES string of the molecule is Cc1nc(N[C@H](C)c2cccc(C(F)(F)C(C)(C)O)c2F)c2cc(OCCOC3COC3)c(F)cc2n1. The summed E-state index contributed by atoms with van der Waals surface area (Å²) in [6.45, 7) is 6.44. The monoisotopic (exact) mass is 523 g/mol. The third-order valence-electron chi connectivity index (χ3n) is 6.12. The lowest BCUT2D eigenvalue weighted by Crippen LogP contribution is -2.41. The first-order valence-electron chi connectivity index (χ1n) is 11.8. The summed E-state index contributed by atoms with van der Waals surface area (Å²) in [5.74, 6) is -5.05. The zero-order chi connectivity index (χ0) is 27.0. The Morgan fingerprint density at radius 2 is 1.89 bits per heavy atom. The smallest absolute Gasteiger partial charge is 0.303 e. The molecule has 0 saturated carbocycles. The van der Waals surface area contributed by atoms with Gasteiger partial charge in [-0.25, -0.2) is 18.7 Å². The van der Waals surface area contributed by atoms with E-state index in [2.05, 4.69) is 15.3 Å². The molecule has 1 aromatic heterocycles. The maximum atomic E-state index is 15.3. The molecule has 0 radical (unpaired) electrons. The van der Waals surface area contributed by atoms with Gasteiger partial charge in [-0.2, -0.15) is 8.78 Å². The highest BCUT2D eigenvalue weighted by atomic mass is 19.3. The van der Waals surface area contributed by atoms with Gasteiger partial charge in [0.2, 0.25) is 0 Å². The van der Waals surface area contributed by atoms with Crippen molar-refractivity contribution in [2.45, 2.75) is 51.4 Å². The highest BCUT2D eigenvalue weighted by Crippen LogP contribution is 2.41. The Bertz CT molecular complexity index is 1280. The van der Waals surface area contributed by atoms with Crippen LogP contribution in [0.1, 0.15) is 43.8 Å². The lowest BCUT2D eigenvalue weighted by Gasteiger charge is -2.30. The minimum atomic E-state index is -3.83. The number of aromatic nitrogens is 2. The maximum absolute atomic E-state index is 15.3. The van der Waals surface area contributed by atoms with Gasteiger partial charge in [0.1, 0.15) is 35.8 Å². The fourth-order valence-corrected chi connectivity index (χ4v) is 3.88. The van der Waals surface area contributed by atoms with E-state index < -0.39 is 34.8 Å². The average Bonchev–Trinajstić information content (AvgIpc) is 2.77. The van der Waals surface area contributed by atoms with Gasteiger partial charge in [0, 0.05) is 17.0 Å². The lowest BCUT2D eigenvalue weighted by molar-refractivity contribution is -0.170. The molecule has 1 atom stereocenters. The number of rotatable bonds is 10. The van der Waals surface area contributed by atoms with Crippen molar-refractivity contribution in [3.63, 3.8) is 0 Å². The molecule has 200 valence electrons. The minimum absolute atomic E-state index is 0.0148. The number of fused-ring (bicyclic) bond motifs is 1. The van der Waals surface area contributed by atoms with Crippen LogP contribution >= 0.6 is 0 Å². The van der Waals surface area contributed by atoms with E-state index in [0.717, 1.165) is 19.9 Å². The fourth-order valence-electron chi connectivity index (χ4n) is 3.88. The second-order valence-electron chi connectivity index (χ2n) is 9.51. The Labute approximate surface area is 211 Å². The quantitative estimate of drug-likeness (QED) is 0.284. The largest absolute Gasteiger partial charge is 0.488 e. The number of alkyl halides is 2. The van der Waals surface area contributed by atoms with E-state index in [-0.39, 0.29) is 42.0 Å². The van der Waals surface area contributed by atoms with Gasteiger partial charge in [-0.15, -0.1) is 0 Å². The zero-order valence-corrected chi connectivity index (χ0v) is 20.9. The molecule has 2 aromatic carbocycles. The van der Waals surface area contributed by atoms with Gasteiger partial charge >= 0.3 is 5.92 Å². The molecule has 37 heavy (non-hydrogen) atoms. The molecule has 0 aliphatic carbocycles. The van der Waals surface area contributed by atoms with Gasteiger partial charge in [0.15, 0.2) is 11.6 Å². The molecule has 4 rings (SSSR count). The van der Waals surface area contributed by atoms with Crippen LogP contribution in [-0.2, 0) is 15.4 Å². The third kappa shape index (κ3) is 5.63. The van der Waals surface area contributed by atoms with Crippen molar-refractivity contribution in [1.29, 1.82) is 0 Å². The summed E-state index contributed by atoms with van der Waals surface area (Å²) in [6.07, 6.45) is 0.0148. The van der Waals surface area contributed by atoms with Crippen LogP contribution in [0, 0.1) is 18.6 Å². The number of hydrogen-bond acceptors (Lipinski definition) is 7. The van der Waals surface area contributed by atoms with Crippen LogP contribution in [0.5, 0.6) is 5.75 Å². The van der Waals surface area contributed by atoms with E-state index in [9.17, 15) is 18.3 Å². The molecular formula is C26H29F4N3O4. The summed E-state index contributed by atoms with van der Waals surface area (Å²) in [6, 6.07) is 5.44. The summed E-state index contributed by atoms with van der Waals surface area (Å²) in [4.78, 5) is 8.63. The van der Waals surface area contributed by atoms with Crippen molar-refractivity contribution >= 4 is 16.7 Å². The fraction of sp³-hybridized carbons (Fsp3) is 0.462. The van der Waals surface area contributed by atoms with Crippen LogP contribution in [0.4, 0.5) is 23.4 Å². The van der Waals surface area contributed by atoms with Crippen molar-refractivity contribution in [3.8, 4) is 5.75 Å². The molecule has 0 amide bonds. The predicted octanol–water partition coefficient (Wildman–Crippen LogP) is 5.05. The van der Waals surface area contributed by atoms with Crippen molar-refractivity contribution < 1.29 is 36.9 Å². The molecule has 11 heteroatoms. The summed E-state index contributed by atoms with van der Waals surface area (Å²) in [5.41, 5.74) is -3.15. The van der Waals surface area contributed by atoms with Crippen LogP contribution in [0.25, 0.3) is 10.9 Å². The van der Waals surface area contributed by atoms with Gasteiger partial charge in [-0.3, -0.25) is 0 Å². The Hall–Kier alpha value is -3.02. The van der Waals surface area contributed by atoms with Gasteiger partial charge in [0.25, 0.3) is 0 Å². The van der Waals surface area contributed by atoms with E-state index in [1.54, 1.807) is 13.8 Å². The van der Waals surface area contributed by atoms with E-state index in [0.29, 0.717) is 24.4 Å². The normalized spacial score (nSPS) is 15.5. The Balaban J connectivity index is 1.60. The summed E-state index contributed by atoms with van der Waals surface area (Å²) in [7, 11) is 0. The number of benzene rings is 2. The lowest BCUT2D eigenvalue weighted by atomic mass is 9.91.